The van der Waals surface area contributed by atoms with E-state index in [1.54, 1.807) is 7.05 Å². The third-order valence-corrected chi connectivity index (χ3v) is 3.20. The van der Waals surface area contributed by atoms with Crippen molar-refractivity contribution in [1.82, 2.24) is 19.3 Å². The van der Waals surface area contributed by atoms with E-state index in [2.05, 4.69) is 10.1 Å². The number of fused-ring (bicyclic) bond motifs is 1. The molecule has 2 heterocycles. The minimum absolute atomic E-state index is 0.234. The van der Waals surface area contributed by atoms with Crippen LogP contribution in [0.5, 0.6) is 0 Å². The maximum Gasteiger partial charge on any atom is 0.406 e. The Labute approximate surface area is 119 Å². The van der Waals surface area contributed by atoms with E-state index in [0.717, 1.165) is 12.1 Å². The van der Waals surface area contributed by atoms with E-state index in [9.17, 15) is 13.2 Å². The molecule has 2 aromatic heterocycles. The molecule has 4 nitrogen and oxygen atoms in total. The van der Waals surface area contributed by atoms with Crippen molar-refractivity contribution < 1.29 is 13.2 Å². The zero-order chi connectivity index (χ0) is 14.9. The van der Waals surface area contributed by atoms with Crippen molar-refractivity contribution >= 4 is 22.8 Å². The molecule has 8 heteroatoms. The van der Waals surface area contributed by atoms with Gasteiger partial charge in [-0.3, -0.25) is 4.68 Å². The van der Waals surface area contributed by atoms with Crippen LogP contribution in [0.25, 0.3) is 11.2 Å². The minimum atomic E-state index is -4.30. The molecule has 0 fully saturated rings. The van der Waals surface area contributed by atoms with E-state index in [1.807, 2.05) is 6.92 Å². The molecule has 112 valence electrons. The van der Waals surface area contributed by atoms with Gasteiger partial charge in [0, 0.05) is 19.3 Å². The summed E-state index contributed by atoms with van der Waals surface area (Å²) in [5, 5.41) is 4.26. The van der Waals surface area contributed by atoms with Crippen molar-refractivity contribution in [3.8, 4) is 0 Å². The highest BCUT2D eigenvalue weighted by Gasteiger charge is 2.31. The van der Waals surface area contributed by atoms with Crippen LogP contribution < -0.4 is 0 Å². The number of imidazole rings is 1. The topological polar surface area (TPSA) is 35.6 Å². The molecule has 0 saturated heterocycles. The minimum Gasteiger partial charge on any atom is -0.304 e. The Bertz CT molecular complexity index is 600. The fourth-order valence-electron chi connectivity index (χ4n) is 2.31. The largest absolute Gasteiger partial charge is 0.406 e. The molecule has 0 spiro atoms. The highest BCUT2D eigenvalue weighted by molar-refractivity contribution is 6.17. The lowest BCUT2D eigenvalue weighted by molar-refractivity contribution is -0.140. The van der Waals surface area contributed by atoms with Crippen LogP contribution in [0.2, 0.25) is 0 Å². The summed E-state index contributed by atoms with van der Waals surface area (Å²) in [4.78, 5) is 4.32. The first-order valence-electron chi connectivity index (χ1n) is 6.41. The van der Waals surface area contributed by atoms with Crippen LogP contribution in [0.4, 0.5) is 13.2 Å². The number of rotatable bonds is 5. The summed E-state index contributed by atoms with van der Waals surface area (Å²) in [6, 6.07) is 0. The summed E-state index contributed by atoms with van der Waals surface area (Å²) in [5.41, 5.74) is 1.70. The lowest BCUT2D eigenvalue weighted by Crippen LogP contribution is -2.20. The van der Waals surface area contributed by atoms with Crippen LogP contribution in [0.15, 0.2) is 0 Å². The van der Waals surface area contributed by atoms with Crippen LogP contribution in [-0.4, -0.2) is 31.4 Å². The molecule has 0 aliphatic carbocycles. The van der Waals surface area contributed by atoms with Gasteiger partial charge in [-0.15, -0.1) is 11.6 Å². The van der Waals surface area contributed by atoms with Gasteiger partial charge in [0.1, 0.15) is 17.9 Å². The van der Waals surface area contributed by atoms with E-state index in [4.69, 9.17) is 11.6 Å². The summed E-state index contributed by atoms with van der Waals surface area (Å²) >= 11 is 5.66. The fourth-order valence-corrected chi connectivity index (χ4v) is 2.48. The molecule has 0 aromatic carbocycles. The van der Waals surface area contributed by atoms with Crippen LogP contribution in [0.1, 0.15) is 24.9 Å². The monoisotopic (exact) mass is 308 g/mol. The Morgan fingerprint density at radius 1 is 1.25 bits per heavy atom. The van der Waals surface area contributed by atoms with Gasteiger partial charge in [-0.05, 0) is 6.42 Å². The third kappa shape index (κ3) is 2.92. The average molecular weight is 309 g/mol. The molecule has 0 saturated carbocycles. The summed E-state index contributed by atoms with van der Waals surface area (Å²) in [5.74, 6) is 0.593. The van der Waals surface area contributed by atoms with Gasteiger partial charge in [-0.25, -0.2) is 4.98 Å². The van der Waals surface area contributed by atoms with Crippen molar-refractivity contribution in [2.45, 2.75) is 38.9 Å². The van der Waals surface area contributed by atoms with E-state index < -0.39 is 12.7 Å². The highest BCUT2D eigenvalue weighted by Crippen LogP contribution is 2.26. The van der Waals surface area contributed by atoms with Gasteiger partial charge >= 0.3 is 6.18 Å². The predicted octanol–water partition coefficient (Wildman–Crippen LogP) is 3.07. The molecular weight excluding hydrogens is 293 g/mol. The number of aryl methyl sites for hydroxylation is 3. The SMILES string of the molecule is CCCc1nn(C)c2c1nc(CCCl)n2CC(F)(F)F. The lowest BCUT2D eigenvalue weighted by Gasteiger charge is -2.11. The Balaban J connectivity index is 2.58. The fraction of sp³-hybridized carbons (Fsp3) is 0.667. The van der Waals surface area contributed by atoms with Gasteiger partial charge in [0.05, 0.1) is 5.69 Å². The van der Waals surface area contributed by atoms with E-state index in [-0.39, 0.29) is 5.88 Å². The molecule has 0 aliphatic rings. The second-order valence-electron chi connectivity index (χ2n) is 4.66. The summed E-state index contributed by atoms with van der Waals surface area (Å²) in [6.07, 6.45) is -2.44. The summed E-state index contributed by atoms with van der Waals surface area (Å²) < 4.78 is 40.9. The first-order valence-corrected chi connectivity index (χ1v) is 6.94. The maximum atomic E-state index is 12.7. The van der Waals surface area contributed by atoms with Crippen LogP contribution >= 0.6 is 11.6 Å². The molecular formula is C12H16ClF3N4. The van der Waals surface area contributed by atoms with Crippen molar-refractivity contribution in [2.24, 2.45) is 7.05 Å². The number of halogens is 4. The van der Waals surface area contributed by atoms with Gasteiger partial charge in [0.15, 0.2) is 5.65 Å². The molecule has 0 unspecified atom stereocenters. The molecule has 0 N–H and O–H groups in total. The lowest BCUT2D eigenvalue weighted by atomic mass is 10.2. The Morgan fingerprint density at radius 3 is 2.50 bits per heavy atom. The van der Waals surface area contributed by atoms with Gasteiger partial charge in [0.25, 0.3) is 0 Å². The van der Waals surface area contributed by atoms with Crippen molar-refractivity contribution in [3.63, 3.8) is 0 Å². The van der Waals surface area contributed by atoms with E-state index in [1.165, 1.54) is 9.25 Å². The molecule has 0 bridgehead atoms. The standard InChI is InChI=1S/C12H16ClF3N4/c1-3-4-8-10-11(19(2)18-8)20(7-12(14,15)16)9(17-10)5-6-13/h3-7H2,1-2H3. The van der Waals surface area contributed by atoms with Gasteiger partial charge in [0.2, 0.25) is 0 Å². The van der Waals surface area contributed by atoms with E-state index in [0.29, 0.717) is 29.8 Å². The molecule has 0 radical (unpaired) electrons. The molecule has 0 amide bonds. The quantitative estimate of drug-likeness (QED) is 0.796. The van der Waals surface area contributed by atoms with Crippen molar-refractivity contribution in [2.75, 3.05) is 5.88 Å². The summed E-state index contributed by atoms with van der Waals surface area (Å²) in [7, 11) is 1.64. The Hall–Kier alpha value is -1.24. The van der Waals surface area contributed by atoms with Crippen LogP contribution in [-0.2, 0) is 26.4 Å². The molecule has 0 atom stereocenters. The number of aromatic nitrogens is 4. The maximum absolute atomic E-state index is 12.7. The third-order valence-electron chi connectivity index (χ3n) is 3.01. The van der Waals surface area contributed by atoms with Gasteiger partial charge < -0.3 is 4.57 Å². The normalized spacial score (nSPS) is 12.5. The second kappa shape index (κ2) is 5.63. The Morgan fingerprint density at radius 2 is 1.95 bits per heavy atom. The second-order valence-corrected chi connectivity index (χ2v) is 5.04. The molecule has 2 aromatic rings. The van der Waals surface area contributed by atoms with Crippen molar-refractivity contribution in [3.05, 3.63) is 11.5 Å². The summed E-state index contributed by atoms with van der Waals surface area (Å²) in [6.45, 7) is 0.924. The zero-order valence-electron chi connectivity index (χ0n) is 11.3. The van der Waals surface area contributed by atoms with Gasteiger partial charge in [-0.2, -0.15) is 18.3 Å². The number of hydrogen-bond acceptors (Lipinski definition) is 2. The molecule has 0 aliphatic heterocycles. The predicted molar refractivity (Wildman–Crippen MR) is 71.0 cm³/mol. The smallest absolute Gasteiger partial charge is 0.304 e. The molecule has 2 rings (SSSR count). The highest BCUT2D eigenvalue weighted by atomic mass is 35.5. The first-order chi connectivity index (χ1) is 9.37. The first kappa shape index (κ1) is 15.2. The number of alkyl halides is 4. The van der Waals surface area contributed by atoms with Crippen LogP contribution in [0.3, 0.4) is 0 Å². The Kier molecular flexibility index (Phi) is 4.27. The number of nitrogens with zero attached hydrogens (tertiary/aromatic N) is 4. The van der Waals surface area contributed by atoms with Gasteiger partial charge in [-0.1, -0.05) is 13.3 Å². The zero-order valence-corrected chi connectivity index (χ0v) is 12.1. The molecule has 20 heavy (non-hydrogen) atoms. The van der Waals surface area contributed by atoms with Crippen LogP contribution in [0, 0.1) is 0 Å². The van der Waals surface area contributed by atoms with E-state index >= 15 is 0 Å². The average Bonchev–Trinajstić information content (AvgIpc) is 2.80. The number of hydrogen-bond donors (Lipinski definition) is 0. The van der Waals surface area contributed by atoms with Crippen molar-refractivity contribution in [1.29, 1.82) is 0 Å².